The molecule has 1 aromatic rings. The van der Waals surface area contributed by atoms with Crippen molar-refractivity contribution in [1.29, 1.82) is 0 Å². The van der Waals surface area contributed by atoms with Gasteiger partial charge in [0, 0.05) is 6.20 Å². The van der Waals surface area contributed by atoms with Gasteiger partial charge in [0.1, 0.15) is 0 Å². The molecular formula is C11H18N2. The second-order valence-electron chi connectivity index (χ2n) is 4.35. The van der Waals surface area contributed by atoms with Crippen molar-refractivity contribution in [2.75, 3.05) is 0 Å². The van der Waals surface area contributed by atoms with Gasteiger partial charge in [0.05, 0.1) is 12.2 Å². The molecule has 13 heavy (non-hydrogen) atoms. The van der Waals surface area contributed by atoms with Gasteiger partial charge >= 0.3 is 0 Å². The number of nitrogens with zero attached hydrogens (tertiary/aromatic N) is 2. The Hall–Kier alpha value is -0.790. The molecule has 0 unspecified atom stereocenters. The van der Waals surface area contributed by atoms with Gasteiger partial charge in [-0.25, -0.2) is 0 Å². The highest BCUT2D eigenvalue weighted by molar-refractivity contribution is 5.09. The van der Waals surface area contributed by atoms with E-state index in [9.17, 15) is 0 Å². The second kappa shape index (κ2) is 3.52. The van der Waals surface area contributed by atoms with Gasteiger partial charge in [0.15, 0.2) is 0 Å². The summed E-state index contributed by atoms with van der Waals surface area (Å²) < 4.78 is 2.17. The molecule has 1 saturated carbocycles. The minimum Gasteiger partial charge on any atom is -0.269 e. The van der Waals surface area contributed by atoms with Crippen molar-refractivity contribution in [1.82, 2.24) is 9.78 Å². The van der Waals surface area contributed by atoms with Gasteiger partial charge in [-0.05, 0) is 24.3 Å². The summed E-state index contributed by atoms with van der Waals surface area (Å²) in [4.78, 5) is 0. The molecule has 1 fully saturated rings. The minimum atomic E-state index is 0.607. The summed E-state index contributed by atoms with van der Waals surface area (Å²) in [6.45, 7) is 4.44. The third-order valence-corrected chi connectivity index (χ3v) is 2.99. The van der Waals surface area contributed by atoms with Gasteiger partial charge in [-0.2, -0.15) is 5.10 Å². The van der Waals surface area contributed by atoms with Crippen LogP contribution < -0.4 is 0 Å². The Bertz CT molecular complexity index is 269. The first-order chi connectivity index (χ1) is 6.27. The zero-order valence-electron chi connectivity index (χ0n) is 8.53. The Morgan fingerprint density at radius 2 is 2.08 bits per heavy atom. The molecule has 0 N–H and O–H groups in total. The van der Waals surface area contributed by atoms with Gasteiger partial charge in [-0.1, -0.05) is 26.7 Å². The largest absolute Gasteiger partial charge is 0.269 e. The topological polar surface area (TPSA) is 17.8 Å². The molecule has 2 heteroatoms. The maximum atomic E-state index is 4.44. The molecule has 0 saturated heterocycles. The maximum absolute atomic E-state index is 4.44. The molecule has 72 valence electrons. The molecule has 1 aromatic heterocycles. The van der Waals surface area contributed by atoms with Crippen LogP contribution in [0, 0.1) is 0 Å². The lowest BCUT2D eigenvalue weighted by molar-refractivity contribution is 0.466. The van der Waals surface area contributed by atoms with Crippen LogP contribution in [0.25, 0.3) is 0 Å². The Morgan fingerprint density at radius 1 is 1.38 bits per heavy atom. The van der Waals surface area contributed by atoms with E-state index < -0.39 is 0 Å². The van der Waals surface area contributed by atoms with E-state index in [1.165, 1.54) is 31.2 Å². The van der Waals surface area contributed by atoms with Crippen LogP contribution in [0.3, 0.4) is 0 Å². The summed E-state index contributed by atoms with van der Waals surface area (Å²) in [5.74, 6) is 0.607. The standard InChI is InChI=1S/C11H18N2/c1-9(2)10-7-12-13(8-10)11-5-3-4-6-11/h7-9,11H,3-6H2,1-2H3. The predicted octanol–water partition coefficient (Wildman–Crippen LogP) is 3.12. The van der Waals surface area contributed by atoms with Gasteiger partial charge in [0.2, 0.25) is 0 Å². The van der Waals surface area contributed by atoms with Crippen molar-refractivity contribution in [3.05, 3.63) is 18.0 Å². The van der Waals surface area contributed by atoms with Crippen molar-refractivity contribution >= 4 is 0 Å². The fraction of sp³-hybridized carbons (Fsp3) is 0.727. The fourth-order valence-corrected chi connectivity index (χ4v) is 2.02. The smallest absolute Gasteiger partial charge is 0.0524 e. The lowest BCUT2D eigenvalue weighted by Crippen LogP contribution is -2.04. The first-order valence-corrected chi connectivity index (χ1v) is 5.31. The lowest BCUT2D eigenvalue weighted by Gasteiger charge is -2.08. The van der Waals surface area contributed by atoms with Gasteiger partial charge in [-0.15, -0.1) is 0 Å². The van der Waals surface area contributed by atoms with E-state index in [-0.39, 0.29) is 0 Å². The van der Waals surface area contributed by atoms with Crippen molar-refractivity contribution in [2.24, 2.45) is 0 Å². The molecule has 0 radical (unpaired) electrons. The average Bonchev–Trinajstić information content (AvgIpc) is 2.75. The highest BCUT2D eigenvalue weighted by atomic mass is 15.3. The molecule has 1 heterocycles. The third-order valence-electron chi connectivity index (χ3n) is 2.99. The first kappa shape index (κ1) is 8.79. The van der Waals surface area contributed by atoms with E-state index in [0.29, 0.717) is 12.0 Å². The van der Waals surface area contributed by atoms with Gasteiger partial charge in [-0.3, -0.25) is 4.68 Å². The summed E-state index contributed by atoms with van der Waals surface area (Å²) >= 11 is 0. The summed E-state index contributed by atoms with van der Waals surface area (Å²) in [5.41, 5.74) is 1.37. The van der Waals surface area contributed by atoms with E-state index in [4.69, 9.17) is 0 Å². The Labute approximate surface area is 80.0 Å². The van der Waals surface area contributed by atoms with E-state index in [1.807, 2.05) is 6.20 Å². The predicted molar refractivity (Wildman–Crippen MR) is 53.8 cm³/mol. The molecule has 0 aromatic carbocycles. The van der Waals surface area contributed by atoms with E-state index in [2.05, 4.69) is 29.8 Å². The number of rotatable bonds is 2. The van der Waals surface area contributed by atoms with Crippen molar-refractivity contribution < 1.29 is 0 Å². The van der Waals surface area contributed by atoms with Crippen LogP contribution in [0.5, 0.6) is 0 Å². The summed E-state index contributed by atoms with van der Waals surface area (Å²) in [7, 11) is 0. The Balaban J connectivity index is 2.12. The Morgan fingerprint density at radius 3 is 2.62 bits per heavy atom. The zero-order valence-corrected chi connectivity index (χ0v) is 8.53. The molecule has 0 amide bonds. The van der Waals surface area contributed by atoms with Crippen molar-refractivity contribution in [3.8, 4) is 0 Å². The molecule has 0 spiro atoms. The third kappa shape index (κ3) is 1.77. The highest BCUT2D eigenvalue weighted by Gasteiger charge is 2.17. The number of aromatic nitrogens is 2. The highest BCUT2D eigenvalue weighted by Crippen LogP contribution is 2.29. The summed E-state index contributed by atoms with van der Waals surface area (Å²) in [6, 6.07) is 0.687. The van der Waals surface area contributed by atoms with Crippen LogP contribution in [0.2, 0.25) is 0 Å². The number of hydrogen-bond acceptors (Lipinski definition) is 1. The van der Waals surface area contributed by atoms with E-state index >= 15 is 0 Å². The molecule has 2 nitrogen and oxygen atoms in total. The minimum absolute atomic E-state index is 0.607. The normalized spacial score (nSPS) is 18.7. The molecule has 0 aliphatic heterocycles. The number of hydrogen-bond donors (Lipinski definition) is 0. The van der Waals surface area contributed by atoms with Crippen LogP contribution in [0.1, 0.15) is 57.1 Å². The average molecular weight is 178 g/mol. The van der Waals surface area contributed by atoms with Crippen LogP contribution in [0.15, 0.2) is 12.4 Å². The second-order valence-corrected chi connectivity index (χ2v) is 4.35. The van der Waals surface area contributed by atoms with Crippen molar-refractivity contribution in [2.45, 2.75) is 51.5 Å². The quantitative estimate of drug-likeness (QED) is 0.680. The van der Waals surface area contributed by atoms with Gasteiger partial charge < -0.3 is 0 Å². The molecular weight excluding hydrogens is 160 g/mol. The molecule has 1 aliphatic carbocycles. The van der Waals surface area contributed by atoms with E-state index in [1.54, 1.807) is 0 Å². The molecule has 2 rings (SSSR count). The fourth-order valence-electron chi connectivity index (χ4n) is 2.02. The van der Waals surface area contributed by atoms with Crippen LogP contribution >= 0.6 is 0 Å². The summed E-state index contributed by atoms with van der Waals surface area (Å²) in [5, 5.41) is 4.44. The zero-order chi connectivity index (χ0) is 9.26. The molecule has 0 atom stereocenters. The molecule has 0 bridgehead atoms. The first-order valence-electron chi connectivity index (χ1n) is 5.31. The van der Waals surface area contributed by atoms with E-state index in [0.717, 1.165) is 0 Å². The monoisotopic (exact) mass is 178 g/mol. The lowest BCUT2D eigenvalue weighted by atomic mass is 10.1. The maximum Gasteiger partial charge on any atom is 0.0524 e. The SMILES string of the molecule is CC(C)c1cnn(C2CCCC2)c1. The van der Waals surface area contributed by atoms with Crippen LogP contribution in [-0.2, 0) is 0 Å². The summed E-state index contributed by atoms with van der Waals surface area (Å²) in [6.07, 6.45) is 9.63. The molecule has 1 aliphatic rings. The van der Waals surface area contributed by atoms with Crippen molar-refractivity contribution in [3.63, 3.8) is 0 Å². The Kier molecular flexibility index (Phi) is 2.38. The van der Waals surface area contributed by atoms with Gasteiger partial charge in [0.25, 0.3) is 0 Å². The van der Waals surface area contributed by atoms with Crippen LogP contribution in [0.4, 0.5) is 0 Å². The van der Waals surface area contributed by atoms with Crippen LogP contribution in [-0.4, -0.2) is 9.78 Å².